The molecule has 1 unspecified atom stereocenters. The van der Waals surface area contributed by atoms with Crippen LogP contribution in [-0.4, -0.2) is 60.4 Å². The molecule has 1 aromatic heterocycles. The molecule has 2 fully saturated rings. The smallest absolute Gasteiger partial charge is 0.269 e. The van der Waals surface area contributed by atoms with Crippen molar-refractivity contribution in [3.05, 3.63) is 52.6 Å². The van der Waals surface area contributed by atoms with E-state index in [9.17, 15) is 9.59 Å². The third kappa shape index (κ3) is 2.99. The molecule has 7 nitrogen and oxygen atoms in total. The monoisotopic (exact) mass is 474 g/mol. The van der Waals surface area contributed by atoms with Gasteiger partial charge in [0, 0.05) is 29.3 Å². The van der Waals surface area contributed by atoms with Gasteiger partial charge in [-0.25, -0.2) is 4.98 Å². The summed E-state index contributed by atoms with van der Waals surface area (Å²) in [6.07, 6.45) is 1.64. The standard InChI is InChI=1S/C20H19BrN4O3S/c21-14-4-5-16-15(11-14)20(19(27)24(16)13-23-7-9-28-10-8-23)25(18(26)12-29-20)17-3-1-2-6-22-17/h1-6,11H,7-10,12-13H2. The van der Waals surface area contributed by atoms with Crippen molar-refractivity contribution in [2.24, 2.45) is 0 Å². The summed E-state index contributed by atoms with van der Waals surface area (Å²) < 4.78 is 6.31. The van der Waals surface area contributed by atoms with E-state index >= 15 is 0 Å². The SMILES string of the molecule is O=C1CSC2(C(=O)N(CN3CCOCC3)c3ccc(Br)cc32)N1c1ccccn1. The minimum Gasteiger partial charge on any atom is -0.379 e. The summed E-state index contributed by atoms with van der Waals surface area (Å²) in [6.45, 7) is 3.35. The van der Waals surface area contributed by atoms with Crippen molar-refractivity contribution in [2.45, 2.75) is 4.87 Å². The van der Waals surface area contributed by atoms with Gasteiger partial charge in [0.05, 0.1) is 31.3 Å². The van der Waals surface area contributed by atoms with Gasteiger partial charge in [-0.2, -0.15) is 0 Å². The fraction of sp³-hybridized carbons (Fsp3) is 0.350. The van der Waals surface area contributed by atoms with Crippen LogP contribution in [0.3, 0.4) is 0 Å². The van der Waals surface area contributed by atoms with E-state index < -0.39 is 4.87 Å². The molecule has 2 aromatic rings. The maximum absolute atomic E-state index is 13.9. The van der Waals surface area contributed by atoms with Gasteiger partial charge < -0.3 is 4.74 Å². The molecular formula is C20H19BrN4O3S. The van der Waals surface area contributed by atoms with E-state index in [-0.39, 0.29) is 17.6 Å². The Bertz CT molecular complexity index is 969. The number of aromatic nitrogens is 1. The Hall–Kier alpha value is -1.94. The number of hydrogen-bond donors (Lipinski definition) is 0. The van der Waals surface area contributed by atoms with Crippen LogP contribution in [0.15, 0.2) is 47.1 Å². The molecule has 4 heterocycles. The van der Waals surface area contributed by atoms with E-state index in [2.05, 4.69) is 25.8 Å². The predicted molar refractivity (Wildman–Crippen MR) is 115 cm³/mol. The predicted octanol–water partition coefficient (Wildman–Crippen LogP) is 2.41. The number of morpholine rings is 1. The zero-order valence-corrected chi connectivity index (χ0v) is 18.0. The molecular weight excluding hydrogens is 456 g/mol. The molecule has 1 atom stereocenters. The molecule has 1 spiro atoms. The van der Waals surface area contributed by atoms with Crippen LogP contribution < -0.4 is 9.80 Å². The number of fused-ring (bicyclic) bond motifs is 2. The molecule has 2 amide bonds. The molecule has 0 N–H and O–H groups in total. The third-order valence-corrected chi connectivity index (χ3v) is 7.32. The summed E-state index contributed by atoms with van der Waals surface area (Å²) in [5, 5.41) is 0. The van der Waals surface area contributed by atoms with E-state index in [0.717, 1.165) is 28.8 Å². The maximum atomic E-state index is 13.9. The highest BCUT2D eigenvalue weighted by molar-refractivity contribution is 9.10. The fourth-order valence-corrected chi connectivity index (χ4v) is 5.81. The summed E-state index contributed by atoms with van der Waals surface area (Å²) >= 11 is 4.91. The Morgan fingerprint density at radius 1 is 1.17 bits per heavy atom. The number of ether oxygens (including phenoxy) is 1. The van der Waals surface area contributed by atoms with E-state index in [1.165, 1.54) is 11.8 Å². The summed E-state index contributed by atoms with van der Waals surface area (Å²) in [4.78, 5) is 35.7. The van der Waals surface area contributed by atoms with Gasteiger partial charge in [-0.1, -0.05) is 22.0 Å². The maximum Gasteiger partial charge on any atom is 0.269 e. The number of amides is 2. The van der Waals surface area contributed by atoms with Gasteiger partial charge in [-0.3, -0.25) is 24.3 Å². The quantitative estimate of drug-likeness (QED) is 0.680. The summed E-state index contributed by atoms with van der Waals surface area (Å²) in [5.41, 5.74) is 1.67. The van der Waals surface area contributed by atoms with Crippen molar-refractivity contribution in [1.82, 2.24) is 9.88 Å². The van der Waals surface area contributed by atoms with Crippen molar-refractivity contribution in [3.63, 3.8) is 0 Å². The Morgan fingerprint density at radius 3 is 2.76 bits per heavy atom. The number of carbonyl (C=O) groups excluding carboxylic acids is 2. The normalized spacial score (nSPS) is 24.6. The van der Waals surface area contributed by atoms with Gasteiger partial charge in [-0.05, 0) is 30.3 Å². The van der Waals surface area contributed by atoms with Crippen LogP contribution in [0.4, 0.5) is 11.5 Å². The van der Waals surface area contributed by atoms with Crippen LogP contribution in [0.25, 0.3) is 0 Å². The van der Waals surface area contributed by atoms with Crippen molar-refractivity contribution >= 4 is 51.0 Å². The van der Waals surface area contributed by atoms with Crippen molar-refractivity contribution < 1.29 is 14.3 Å². The average molecular weight is 475 g/mol. The van der Waals surface area contributed by atoms with E-state index in [1.54, 1.807) is 28.1 Å². The second-order valence-corrected chi connectivity index (χ2v) is 9.20. The molecule has 0 bridgehead atoms. The minimum absolute atomic E-state index is 0.0985. The molecule has 5 rings (SSSR count). The summed E-state index contributed by atoms with van der Waals surface area (Å²) in [7, 11) is 0. The van der Waals surface area contributed by atoms with Crippen LogP contribution in [0.1, 0.15) is 5.56 Å². The number of halogens is 1. The number of pyridine rings is 1. The zero-order chi connectivity index (χ0) is 20.0. The molecule has 3 aliphatic heterocycles. The van der Waals surface area contributed by atoms with Crippen molar-refractivity contribution in [1.29, 1.82) is 0 Å². The molecule has 3 aliphatic rings. The van der Waals surface area contributed by atoms with Gasteiger partial charge in [0.15, 0.2) is 0 Å². The van der Waals surface area contributed by atoms with Gasteiger partial charge in [0.2, 0.25) is 10.8 Å². The van der Waals surface area contributed by atoms with Gasteiger partial charge in [-0.15, -0.1) is 11.8 Å². The van der Waals surface area contributed by atoms with Gasteiger partial charge in [0.25, 0.3) is 5.91 Å². The van der Waals surface area contributed by atoms with Crippen LogP contribution in [0.2, 0.25) is 0 Å². The highest BCUT2D eigenvalue weighted by Crippen LogP contribution is 2.55. The number of rotatable bonds is 3. The van der Waals surface area contributed by atoms with Crippen LogP contribution >= 0.6 is 27.7 Å². The minimum atomic E-state index is -1.13. The number of carbonyl (C=O) groups is 2. The van der Waals surface area contributed by atoms with E-state index in [0.29, 0.717) is 25.7 Å². The van der Waals surface area contributed by atoms with Crippen LogP contribution in [0, 0.1) is 0 Å². The lowest BCUT2D eigenvalue weighted by molar-refractivity contribution is -0.124. The second kappa shape index (κ2) is 7.39. The summed E-state index contributed by atoms with van der Waals surface area (Å²) in [5.74, 6) is 0.523. The highest BCUT2D eigenvalue weighted by Gasteiger charge is 2.61. The number of anilines is 2. The molecule has 0 aliphatic carbocycles. The number of benzene rings is 1. The zero-order valence-electron chi connectivity index (χ0n) is 15.6. The molecule has 2 saturated heterocycles. The second-order valence-electron chi connectivity index (χ2n) is 7.12. The molecule has 9 heteroatoms. The van der Waals surface area contributed by atoms with Crippen LogP contribution in [-0.2, 0) is 19.2 Å². The lowest BCUT2D eigenvalue weighted by Gasteiger charge is -2.34. The Balaban J connectivity index is 1.62. The molecule has 29 heavy (non-hydrogen) atoms. The van der Waals surface area contributed by atoms with Crippen LogP contribution in [0.5, 0.6) is 0 Å². The fourth-order valence-electron chi connectivity index (χ4n) is 4.11. The Labute approximate surface area is 181 Å². The van der Waals surface area contributed by atoms with Crippen molar-refractivity contribution in [2.75, 3.05) is 48.5 Å². The molecule has 150 valence electrons. The molecule has 0 radical (unpaired) electrons. The first-order valence-corrected chi connectivity index (χ1v) is 11.2. The third-order valence-electron chi connectivity index (χ3n) is 5.44. The van der Waals surface area contributed by atoms with E-state index in [1.807, 2.05) is 24.3 Å². The molecule has 0 saturated carbocycles. The Kier molecular flexibility index (Phi) is 4.85. The first-order valence-electron chi connectivity index (χ1n) is 9.41. The number of hydrogen-bond acceptors (Lipinski definition) is 6. The largest absolute Gasteiger partial charge is 0.379 e. The average Bonchev–Trinajstić information content (AvgIpc) is 3.20. The highest BCUT2D eigenvalue weighted by atomic mass is 79.9. The summed E-state index contributed by atoms with van der Waals surface area (Å²) in [6, 6.07) is 11.3. The van der Waals surface area contributed by atoms with Crippen molar-refractivity contribution in [3.8, 4) is 0 Å². The van der Waals surface area contributed by atoms with E-state index in [4.69, 9.17) is 4.74 Å². The first kappa shape index (κ1) is 19.0. The van der Waals surface area contributed by atoms with Gasteiger partial charge in [0.1, 0.15) is 5.82 Å². The first-order chi connectivity index (χ1) is 14.1. The van der Waals surface area contributed by atoms with Gasteiger partial charge >= 0.3 is 0 Å². The topological polar surface area (TPSA) is 66.0 Å². The molecule has 1 aromatic carbocycles. The number of nitrogens with zero attached hydrogens (tertiary/aromatic N) is 4. The lowest BCUT2D eigenvalue weighted by atomic mass is 10.1. The Morgan fingerprint density at radius 2 is 2.00 bits per heavy atom. The lowest BCUT2D eigenvalue weighted by Crippen LogP contribution is -2.52. The number of thioether (sulfide) groups is 1.